The van der Waals surface area contributed by atoms with Crippen LogP contribution in [0.2, 0.25) is 25.7 Å². The van der Waals surface area contributed by atoms with Gasteiger partial charge in [-0.2, -0.15) is 0 Å². The molecular weight excluding hydrogens is 332 g/mol. The van der Waals surface area contributed by atoms with Crippen LogP contribution < -0.4 is 4.74 Å². The largest absolute Gasteiger partial charge is 0.497 e. The zero-order chi connectivity index (χ0) is 18.2. The van der Waals surface area contributed by atoms with Crippen LogP contribution in [-0.2, 0) is 15.1 Å². The summed E-state index contributed by atoms with van der Waals surface area (Å²) in [6, 6.07) is 8.59. The second kappa shape index (κ2) is 6.76. The van der Waals surface area contributed by atoms with Crippen LogP contribution in [0.3, 0.4) is 0 Å². The van der Waals surface area contributed by atoms with E-state index in [0.717, 1.165) is 30.2 Å². The third kappa shape index (κ3) is 3.63. The van der Waals surface area contributed by atoms with Crippen molar-refractivity contribution in [2.45, 2.75) is 50.5 Å². The molecule has 0 amide bonds. The van der Waals surface area contributed by atoms with Crippen LogP contribution in [0.5, 0.6) is 5.75 Å². The van der Waals surface area contributed by atoms with Gasteiger partial charge in [0.15, 0.2) is 0 Å². The van der Waals surface area contributed by atoms with Crippen molar-refractivity contribution in [1.29, 1.82) is 0 Å². The number of esters is 1. The van der Waals surface area contributed by atoms with E-state index in [0.29, 0.717) is 13.0 Å². The molecule has 2 saturated carbocycles. The average Bonchev–Trinajstić information content (AvgIpc) is 3.09. The molecular formula is C20H30O4Si. The first kappa shape index (κ1) is 18.5. The zero-order valence-electron chi connectivity index (χ0n) is 15.7. The van der Waals surface area contributed by atoms with Gasteiger partial charge in [-0.1, -0.05) is 31.8 Å². The summed E-state index contributed by atoms with van der Waals surface area (Å²) in [5, 5.41) is 11.3. The molecule has 1 N–H and O–H groups in total. The third-order valence-electron chi connectivity index (χ3n) is 5.94. The fourth-order valence-corrected chi connectivity index (χ4v) is 5.23. The van der Waals surface area contributed by atoms with Crippen molar-refractivity contribution in [1.82, 2.24) is 0 Å². The summed E-state index contributed by atoms with van der Waals surface area (Å²) >= 11 is 0. The normalized spacial score (nSPS) is 31.2. The molecule has 2 aliphatic rings. The first-order valence-electron chi connectivity index (χ1n) is 9.28. The Kier molecular flexibility index (Phi) is 4.99. The molecule has 0 radical (unpaired) electrons. The molecule has 4 atom stereocenters. The summed E-state index contributed by atoms with van der Waals surface area (Å²) in [5.74, 6) is 0.712. The summed E-state index contributed by atoms with van der Waals surface area (Å²) in [6.07, 6.45) is 2.55. The van der Waals surface area contributed by atoms with E-state index in [-0.39, 0.29) is 23.7 Å². The number of aliphatic hydroxyl groups is 1. The lowest BCUT2D eigenvalue weighted by Crippen LogP contribution is -2.35. The molecule has 0 spiro atoms. The minimum atomic E-state index is -1.21. The van der Waals surface area contributed by atoms with Gasteiger partial charge in [0.05, 0.1) is 25.2 Å². The van der Waals surface area contributed by atoms with E-state index in [9.17, 15) is 9.90 Å². The highest BCUT2D eigenvalue weighted by Gasteiger charge is 2.60. The topological polar surface area (TPSA) is 55.8 Å². The molecule has 25 heavy (non-hydrogen) atoms. The van der Waals surface area contributed by atoms with Crippen LogP contribution in [0.25, 0.3) is 0 Å². The molecule has 0 aliphatic heterocycles. The van der Waals surface area contributed by atoms with Crippen LogP contribution in [-0.4, -0.2) is 32.9 Å². The average molecular weight is 363 g/mol. The number of fused-ring (bicyclic) bond motifs is 2. The first-order valence-corrected chi connectivity index (χ1v) is 13.0. The van der Waals surface area contributed by atoms with Gasteiger partial charge < -0.3 is 14.6 Å². The van der Waals surface area contributed by atoms with Crippen molar-refractivity contribution in [2.24, 2.45) is 17.8 Å². The molecule has 5 heteroatoms. The van der Waals surface area contributed by atoms with Crippen molar-refractivity contribution in [2.75, 3.05) is 13.7 Å². The molecule has 0 saturated heterocycles. The van der Waals surface area contributed by atoms with Crippen LogP contribution in [0.15, 0.2) is 24.3 Å². The molecule has 4 nitrogen and oxygen atoms in total. The van der Waals surface area contributed by atoms with Gasteiger partial charge in [-0.25, -0.2) is 0 Å². The lowest BCUT2D eigenvalue weighted by Gasteiger charge is -2.33. The lowest BCUT2D eigenvalue weighted by molar-refractivity contribution is -0.151. The van der Waals surface area contributed by atoms with E-state index in [1.165, 1.54) is 0 Å². The van der Waals surface area contributed by atoms with E-state index in [1.807, 2.05) is 24.3 Å². The minimum absolute atomic E-state index is 0.0368. The number of carbonyl (C=O) groups excluding carboxylic acids is 1. The van der Waals surface area contributed by atoms with E-state index in [2.05, 4.69) is 19.6 Å². The van der Waals surface area contributed by atoms with Gasteiger partial charge in [-0.15, -0.1) is 0 Å². The van der Waals surface area contributed by atoms with Crippen LogP contribution in [0.1, 0.15) is 24.8 Å². The predicted octanol–water partition coefficient (Wildman–Crippen LogP) is 3.81. The molecule has 1 aromatic carbocycles. The molecule has 0 aromatic heterocycles. The summed E-state index contributed by atoms with van der Waals surface area (Å²) in [5.41, 5.74) is -0.0297. The highest BCUT2D eigenvalue weighted by atomic mass is 28.3. The first-order chi connectivity index (χ1) is 11.7. The molecule has 3 rings (SSSR count). The molecule has 1 aromatic rings. The Morgan fingerprint density at radius 1 is 1.24 bits per heavy atom. The van der Waals surface area contributed by atoms with Gasteiger partial charge in [-0.3, -0.25) is 4.79 Å². The lowest BCUT2D eigenvalue weighted by atomic mass is 9.78. The maximum atomic E-state index is 12.7. The molecule has 4 unspecified atom stereocenters. The number of benzene rings is 1. The summed E-state index contributed by atoms with van der Waals surface area (Å²) in [6.45, 7) is 7.36. The van der Waals surface area contributed by atoms with E-state index in [4.69, 9.17) is 9.47 Å². The quantitative estimate of drug-likeness (QED) is 0.617. The molecule has 138 valence electrons. The Morgan fingerprint density at radius 3 is 2.52 bits per heavy atom. The number of rotatable bonds is 6. The molecule has 0 heterocycles. The van der Waals surface area contributed by atoms with Gasteiger partial charge in [0.25, 0.3) is 0 Å². The van der Waals surface area contributed by atoms with Crippen LogP contribution >= 0.6 is 0 Å². The van der Waals surface area contributed by atoms with Crippen LogP contribution in [0.4, 0.5) is 0 Å². The Bertz CT molecular complexity index is 622. The maximum Gasteiger partial charge on any atom is 0.309 e. The Labute approximate surface area is 151 Å². The number of ether oxygens (including phenoxy) is 2. The standard InChI is InChI=1S/C20H30O4Si/c1-23-16-8-6-15(7-9-16)20(22)13-14-5-10-17(20)18(14)19(21)24-11-12-25(2,3)4/h6-9,14,17-18,22H,5,10-13H2,1-4H3. The summed E-state index contributed by atoms with van der Waals surface area (Å²) < 4.78 is 10.8. The molecule has 2 aliphatic carbocycles. The molecule has 2 fully saturated rings. The fourth-order valence-electron chi connectivity index (χ4n) is 4.52. The van der Waals surface area contributed by atoms with Gasteiger partial charge in [0, 0.05) is 14.0 Å². The van der Waals surface area contributed by atoms with Gasteiger partial charge in [-0.05, 0) is 48.9 Å². The predicted molar refractivity (Wildman–Crippen MR) is 100 cm³/mol. The van der Waals surface area contributed by atoms with Crippen LogP contribution in [0, 0.1) is 17.8 Å². The van der Waals surface area contributed by atoms with Crippen molar-refractivity contribution in [3.8, 4) is 5.75 Å². The highest BCUT2D eigenvalue weighted by molar-refractivity contribution is 6.76. The smallest absolute Gasteiger partial charge is 0.309 e. The van der Waals surface area contributed by atoms with Gasteiger partial charge in [0.1, 0.15) is 5.75 Å². The summed E-state index contributed by atoms with van der Waals surface area (Å²) in [4.78, 5) is 12.7. The van der Waals surface area contributed by atoms with Crippen molar-refractivity contribution in [3.63, 3.8) is 0 Å². The Balaban J connectivity index is 1.71. The maximum absolute atomic E-state index is 12.7. The van der Waals surface area contributed by atoms with E-state index in [1.54, 1.807) is 7.11 Å². The van der Waals surface area contributed by atoms with Crippen molar-refractivity contribution in [3.05, 3.63) is 29.8 Å². The van der Waals surface area contributed by atoms with Crippen molar-refractivity contribution >= 4 is 14.0 Å². The second-order valence-electron chi connectivity index (χ2n) is 8.80. The van der Waals surface area contributed by atoms with Gasteiger partial charge in [0.2, 0.25) is 0 Å². The number of methoxy groups -OCH3 is 1. The molecule has 2 bridgehead atoms. The Hall–Kier alpha value is -1.33. The van der Waals surface area contributed by atoms with Crippen molar-refractivity contribution < 1.29 is 19.4 Å². The summed E-state index contributed by atoms with van der Waals surface area (Å²) in [7, 11) is 0.422. The third-order valence-corrected chi connectivity index (χ3v) is 7.64. The highest BCUT2D eigenvalue weighted by Crippen LogP contribution is 2.59. The fraction of sp³-hybridized carbons (Fsp3) is 0.650. The number of hydrogen-bond donors (Lipinski definition) is 1. The van der Waals surface area contributed by atoms with E-state index < -0.39 is 13.7 Å². The minimum Gasteiger partial charge on any atom is -0.497 e. The van der Waals surface area contributed by atoms with E-state index >= 15 is 0 Å². The second-order valence-corrected chi connectivity index (χ2v) is 14.4. The zero-order valence-corrected chi connectivity index (χ0v) is 16.7. The SMILES string of the molecule is COc1ccc(C2(O)CC3CCC2C3C(=O)OCC[Si](C)(C)C)cc1. The monoisotopic (exact) mass is 362 g/mol. The number of hydrogen-bond acceptors (Lipinski definition) is 4. The number of carbonyl (C=O) groups is 1. The van der Waals surface area contributed by atoms with Gasteiger partial charge >= 0.3 is 5.97 Å². The Morgan fingerprint density at radius 2 is 1.92 bits per heavy atom.